The SMILES string of the molecule is Cc1ccc(Nc2c(F)c(F)cc(F)c2NC(=O)OC2(CC(O)CO)CC2)cc1. The predicted octanol–water partition coefficient (Wildman–Crippen LogP) is 3.98. The highest BCUT2D eigenvalue weighted by Crippen LogP contribution is 2.44. The minimum atomic E-state index is -1.42. The maximum absolute atomic E-state index is 14.4. The summed E-state index contributed by atoms with van der Waals surface area (Å²) in [6.45, 7) is 1.35. The lowest BCUT2D eigenvalue weighted by Gasteiger charge is -2.20. The molecule has 2 aromatic carbocycles. The monoisotopic (exact) mass is 410 g/mol. The second kappa shape index (κ2) is 8.30. The number of carbonyl (C=O) groups excluding carboxylic acids is 1. The topological polar surface area (TPSA) is 90.8 Å². The van der Waals surface area contributed by atoms with Crippen LogP contribution in [0.15, 0.2) is 30.3 Å². The van der Waals surface area contributed by atoms with Crippen LogP contribution in [0.2, 0.25) is 0 Å². The van der Waals surface area contributed by atoms with Crippen LogP contribution in [0.4, 0.5) is 35.0 Å². The lowest BCUT2D eigenvalue weighted by Crippen LogP contribution is -2.29. The highest BCUT2D eigenvalue weighted by Gasteiger charge is 2.48. The van der Waals surface area contributed by atoms with E-state index < -0.39 is 53.2 Å². The summed E-state index contributed by atoms with van der Waals surface area (Å²) in [6, 6.07) is 6.96. The highest BCUT2D eigenvalue weighted by atomic mass is 19.2. The number of rotatable bonds is 7. The first-order chi connectivity index (χ1) is 13.7. The fourth-order valence-corrected chi connectivity index (χ4v) is 2.92. The molecule has 156 valence electrons. The van der Waals surface area contributed by atoms with Crippen LogP contribution in [-0.4, -0.2) is 34.6 Å². The van der Waals surface area contributed by atoms with Crippen molar-refractivity contribution in [1.29, 1.82) is 0 Å². The number of hydrogen-bond donors (Lipinski definition) is 4. The largest absolute Gasteiger partial charge is 0.443 e. The van der Waals surface area contributed by atoms with Crippen molar-refractivity contribution in [3.63, 3.8) is 0 Å². The van der Waals surface area contributed by atoms with Crippen molar-refractivity contribution in [2.24, 2.45) is 0 Å². The molecule has 0 bridgehead atoms. The Kier molecular flexibility index (Phi) is 5.99. The minimum absolute atomic E-state index is 0.0195. The number of amides is 1. The zero-order chi connectivity index (χ0) is 21.2. The van der Waals surface area contributed by atoms with E-state index in [1.54, 1.807) is 24.3 Å². The summed E-state index contributed by atoms with van der Waals surface area (Å²) < 4.78 is 47.7. The molecular formula is C20H21F3N2O4. The van der Waals surface area contributed by atoms with Gasteiger partial charge < -0.3 is 20.3 Å². The zero-order valence-corrected chi connectivity index (χ0v) is 15.6. The van der Waals surface area contributed by atoms with Gasteiger partial charge in [0.15, 0.2) is 17.5 Å². The van der Waals surface area contributed by atoms with E-state index in [1.807, 2.05) is 6.92 Å². The fourth-order valence-electron chi connectivity index (χ4n) is 2.92. The van der Waals surface area contributed by atoms with Crippen molar-refractivity contribution in [2.45, 2.75) is 37.9 Å². The van der Waals surface area contributed by atoms with E-state index in [9.17, 15) is 23.1 Å². The number of anilines is 3. The second-order valence-corrected chi connectivity index (χ2v) is 7.13. The van der Waals surface area contributed by atoms with Gasteiger partial charge in [0, 0.05) is 18.2 Å². The number of nitrogens with one attached hydrogen (secondary N) is 2. The molecule has 3 rings (SSSR count). The predicted molar refractivity (Wildman–Crippen MR) is 101 cm³/mol. The number of carbonyl (C=O) groups is 1. The van der Waals surface area contributed by atoms with Gasteiger partial charge in [-0.2, -0.15) is 0 Å². The third kappa shape index (κ3) is 4.99. The number of aryl methyl sites for hydroxylation is 1. The van der Waals surface area contributed by atoms with Crippen LogP contribution in [-0.2, 0) is 4.74 Å². The number of ether oxygens (including phenoxy) is 1. The third-order valence-corrected chi connectivity index (χ3v) is 4.65. The van der Waals surface area contributed by atoms with Crippen molar-refractivity contribution in [3.8, 4) is 0 Å². The molecule has 29 heavy (non-hydrogen) atoms. The Morgan fingerprint density at radius 3 is 2.41 bits per heavy atom. The van der Waals surface area contributed by atoms with Crippen LogP contribution < -0.4 is 10.6 Å². The summed E-state index contributed by atoms with van der Waals surface area (Å²) in [5.74, 6) is -3.96. The second-order valence-electron chi connectivity index (χ2n) is 7.13. The van der Waals surface area contributed by atoms with Crippen LogP contribution in [0, 0.1) is 24.4 Å². The van der Waals surface area contributed by atoms with Gasteiger partial charge in [-0.1, -0.05) is 17.7 Å². The maximum atomic E-state index is 14.4. The molecule has 1 amide bonds. The number of aliphatic hydroxyl groups is 2. The zero-order valence-electron chi connectivity index (χ0n) is 15.6. The summed E-state index contributed by atoms with van der Waals surface area (Å²) in [4.78, 5) is 12.2. The Morgan fingerprint density at radius 1 is 1.17 bits per heavy atom. The summed E-state index contributed by atoms with van der Waals surface area (Å²) in [6.07, 6.45) is -1.20. The molecule has 2 aromatic rings. The van der Waals surface area contributed by atoms with Crippen molar-refractivity contribution in [3.05, 3.63) is 53.3 Å². The quantitative estimate of drug-likeness (QED) is 0.519. The van der Waals surface area contributed by atoms with E-state index in [0.29, 0.717) is 24.6 Å². The Bertz CT molecular complexity index is 902. The van der Waals surface area contributed by atoms with E-state index in [1.165, 1.54) is 0 Å². The van der Waals surface area contributed by atoms with Crippen molar-refractivity contribution >= 4 is 23.2 Å². The average molecular weight is 410 g/mol. The highest BCUT2D eigenvalue weighted by molar-refractivity contribution is 5.91. The average Bonchev–Trinajstić information content (AvgIpc) is 3.42. The molecule has 1 fully saturated rings. The van der Waals surface area contributed by atoms with E-state index in [-0.39, 0.29) is 6.42 Å². The standard InChI is InChI=1S/C20H21F3N2O4/c1-11-2-4-12(5-3-11)24-18-16(23)14(21)8-15(22)17(18)25-19(28)29-20(6-7-20)9-13(27)10-26/h2-5,8,13,24,26-27H,6-7,9-10H2,1H3,(H,25,28). The molecule has 6 nitrogen and oxygen atoms in total. The minimum Gasteiger partial charge on any atom is -0.443 e. The van der Waals surface area contributed by atoms with Crippen LogP contribution in [0.25, 0.3) is 0 Å². The van der Waals surface area contributed by atoms with E-state index in [2.05, 4.69) is 10.6 Å². The lowest BCUT2D eigenvalue weighted by atomic mass is 10.1. The van der Waals surface area contributed by atoms with Crippen LogP contribution in [0.5, 0.6) is 0 Å². The number of aliphatic hydroxyl groups excluding tert-OH is 2. The van der Waals surface area contributed by atoms with Crippen molar-refractivity contribution < 1.29 is 32.9 Å². The molecule has 1 aliphatic carbocycles. The summed E-state index contributed by atoms with van der Waals surface area (Å²) in [7, 11) is 0. The number of benzene rings is 2. The smallest absolute Gasteiger partial charge is 0.412 e. The van der Waals surface area contributed by atoms with Gasteiger partial charge in [-0.05, 0) is 31.9 Å². The first-order valence-corrected chi connectivity index (χ1v) is 9.03. The Hall–Kier alpha value is -2.78. The van der Waals surface area contributed by atoms with Gasteiger partial charge in [0.25, 0.3) is 0 Å². The molecule has 0 saturated heterocycles. The fraction of sp³-hybridized carbons (Fsp3) is 0.350. The normalized spacial score (nSPS) is 15.5. The van der Waals surface area contributed by atoms with Crippen LogP contribution in [0.3, 0.4) is 0 Å². The van der Waals surface area contributed by atoms with Gasteiger partial charge in [0.2, 0.25) is 0 Å². The first-order valence-electron chi connectivity index (χ1n) is 9.03. The Balaban J connectivity index is 1.82. The van der Waals surface area contributed by atoms with Crippen LogP contribution >= 0.6 is 0 Å². The molecule has 1 saturated carbocycles. The molecule has 1 unspecified atom stereocenters. The Labute approximate surface area is 165 Å². The number of halogens is 3. The summed E-state index contributed by atoms with van der Waals surface area (Å²) in [5, 5.41) is 23.2. The molecule has 9 heteroatoms. The van der Waals surface area contributed by atoms with E-state index >= 15 is 0 Å². The molecule has 0 radical (unpaired) electrons. The van der Waals surface area contributed by atoms with Crippen molar-refractivity contribution in [2.75, 3.05) is 17.2 Å². The molecular weight excluding hydrogens is 389 g/mol. The van der Waals surface area contributed by atoms with Gasteiger partial charge in [0.1, 0.15) is 17.0 Å². The van der Waals surface area contributed by atoms with Gasteiger partial charge in [0.05, 0.1) is 12.7 Å². The Morgan fingerprint density at radius 2 is 1.83 bits per heavy atom. The van der Waals surface area contributed by atoms with Gasteiger partial charge in [-0.3, -0.25) is 5.32 Å². The molecule has 1 aliphatic rings. The van der Waals surface area contributed by atoms with E-state index in [4.69, 9.17) is 9.84 Å². The van der Waals surface area contributed by atoms with Gasteiger partial charge >= 0.3 is 6.09 Å². The third-order valence-electron chi connectivity index (χ3n) is 4.65. The van der Waals surface area contributed by atoms with Crippen LogP contribution in [0.1, 0.15) is 24.8 Å². The summed E-state index contributed by atoms with van der Waals surface area (Å²) >= 11 is 0. The molecule has 0 aliphatic heterocycles. The molecule has 4 N–H and O–H groups in total. The molecule has 0 aromatic heterocycles. The van der Waals surface area contributed by atoms with Gasteiger partial charge in [-0.25, -0.2) is 18.0 Å². The maximum Gasteiger partial charge on any atom is 0.412 e. The van der Waals surface area contributed by atoms with Gasteiger partial charge in [-0.15, -0.1) is 0 Å². The molecule has 0 spiro atoms. The van der Waals surface area contributed by atoms with E-state index in [0.717, 1.165) is 5.56 Å². The summed E-state index contributed by atoms with van der Waals surface area (Å²) in [5.41, 5.74) is -0.855. The lowest BCUT2D eigenvalue weighted by molar-refractivity contribution is 0.0216. The number of hydrogen-bond acceptors (Lipinski definition) is 5. The first kappa shape index (κ1) is 20.9. The molecule has 0 heterocycles. The van der Waals surface area contributed by atoms with Crippen molar-refractivity contribution in [1.82, 2.24) is 0 Å². The molecule has 1 atom stereocenters.